The third kappa shape index (κ3) is 6.38. The molecule has 1 fully saturated rings. The molecule has 0 aromatic heterocycles. The smallest absolute Gasteiger partial charge is 0.408 e. The molecular weight excluding hydrogens is 432 g/mol. The number of methoxy groups -OCH3 is 1. The Morgan fingerprint density at radius 2 is 2.00 bits per heavy atom. The summed E-state index contributed by atoms with van der Waals surface area (Å²) >= 11 is 0. The summed E-state index contributed by atoms with van der Waals surface area (Å²) < 4.78 is 17.0. The number of alkyl carbamates (subject to hydrolysis) is 1. The highest BCUT2D eigenvalue weighted by atomic mass is 16.5. The predicted molar refractivity (Wildman–Crippen MR) is 128 cm³/mol. The molecule has 2 amide bonds. The lowest BCUT2D eigenvalue weighted by atomic mass is 10.1. The number of carbonyl (C=O) groups excluding carboxylic acids is 2. The van der Waals surface area contributed by atoms with Crippen LogP contribution in [0.3, 0.4) is 0 Å². The van der Waals surface area contributed by atoms with Crippen molar-refractivity contribution in [3.8, 4) is 5.75 Å². The van der Waals surface area contributed by atoms with E-state index in [1.54, 1.807) is 12.0 Å². The van der Waals surface area contributed by atoms with Crippen LogP contribution in [0, 0.1) is 0 Å². The summed E-state index contributed by atoms with van der Waals surface area (Å²) in [6, 6.07) is 16.7. The van der Waals surface area contributed by atoms with Crippen LogP contribution in [-0.2, 0) is 27.3 Å². The highest BCUT2D eigenvalue weighted by Gasteiger charge is 2.39. The summed E-state index contributed by atoms with van der Waals surface area (Å²) in [6.45, 7) is 0.980. The average molecular weight is 465 g/mol. The normalized spacial score (nSPS) is 22.9. The SMILES string of the molecule is COC1C[C@H]2COc3cccc(c3)CCC=CC[C@H](NC(=O)OCc3ccccc3)C(=O)N2C1. The standard InChI is InChI=1S/C27H32N2O5/c1-32-24-16-22-19-33-23-13-8-12-20(15-23)9-4-3-7-14-25(26(30)29(22)17-24)28-27(31)34-18-21-10-5-2-6-11-21/h2-3,5-8,10-13,15,22,24-25H,4,9,14,16-19H2,1H3,(H,28,31)/t22-,24?,25-/m0/s1. The van der Waals surface area contributed by atoms with Gasteiger partial charge in [-0.1, -0.05) is 54.6 Å². The van der Waals surface area contributed by atoms with Gasteiger partial charge in [-0.15, -0.1) is 0 Å². The molecule has 7 nitrogen and oxygen atoms in total. The van der Waals surface area contributed by atoms with Crippen molar-refractivity contribution in [2.24, 2.45) is 0 Å². The van der Waals surface area contributed by atoms with Gasteiger partial charge < -0.3 is 24.4 Å². The van der Waals surface area contributed by atoms with Crippen LogP contribution in [0.4, 0.5) is 4.79 Å². The second-order valence-electron chi connectivity index (χ2n) is 8.70. The number of carbonyl (C=O) groups is 2. The maximum Gasteiger partial charge on any atom is 0.408 e. The van der Waals surface area contributed by atoms with Gasteiger partial charge in [0.05, 0.1) is 12.1 Å². The topological polar surface area (TPSA) is 77.1 Å². The number of allylic oxidation sites excluding steroid dienone is 1. The van der Waals surface area contributed by atoms with Crippen molar-refractivity contribution in [2.45, 2.75) is 50.5 Å². The number of nitrogens with zero attached hydrogens (tertiary/aromatic N) is 1. The lowest BCUT2D eigenvalue weighted by molar-refractivity contribution is -0.135. The lowest BCUT2D eigenvalue weighted by Gasteiger charge is -2.29. The zero-order valence-corrected chi connectivity index (χ0v) is 19.5. The van der Waals surface area contributed by atoms with E-state index in [1.165, 1.54) is 5.56 Å². The number of fused-ring (bicyclic) bond motifs is 3. The van der Waals surface area contributed by atoms with Gasteiger partial charge in [-0.05, 0) is 48.9 Å². The molecule has 2 aromatic carbocycles. The van der Waals surface area contributed by atoms with Crippen molar-refractivity contribution >= 4 is 12.0 Å². The first-order valence-corrected chi connectivity index (χ1v) is 11.8. The molecule has 1 saturated heterocycles. The number of amides is 2. The maximum absolute atomic E-state index is 13.6. The van der Waals surface area contributed by atoms with Gasteiger partial charge in [0.2, 0.25) is 5.91 Å². The molecule has 7 heteroatoms. The monoisotopic (exact) mass is 464 g/mol. The summed E-state index contributed by atoms with van der Waals surface area (Å²) in [5.41, 5.74) is 2.09. The van der Waals surface area contributed by atoms with Crippen molar-refractivity contribution in [1.82, 2.24) is 10.2 Å². The van der Waals surface area contributed by atoms with Gasteiger partial charge in [-0.3, -0.25) is 4.79 Å². The van der Waals surface area contributed by atoms with E-state index in [0.29, 0.717) is 26.0 Å². The van der Waals surface area contributed by atoms with E-state index in [0.717, 1.165) is 24.2 Å². The van der Waals surface area contributed by atoms with Gasteiger partial charge in [-0.25, -0.2) is 4.79 Å². The number of rotatable bonds is 4. The van der Waals surface area contributed by atoms with Crippen molar-refractivity contribution in [3.05, 3.63) is 77.9 Å². The van der Waals surface area contributed by atoms with Gasteiger partial charge in [0.25, 0.3) is 0 Å². The largest absolute Gasteiger partial charge is 0.491 e. The van der Waals surface area contributed by atoms with Gasteiger partial charge in [-0.2, -0.15) is 0 Å². The number of hydrogen-bond acceptors (Lipinski definition) is 5. The molecule has 2 aromatic rings. The van der Waals surface area contributed by atoms with Crippen molar-refractivity contribution in [3.63, 3.8) is 0 Å². The van der Waals surface area contributed by atoms with Crippen LogP contribution >= 0.6 is 0 Å². The van der Waals surface area contributed by atoms with E-state index in [4.69, 9.17) is 14.2 Å². The summed E-state index contributed by atoms with van der Waals surface area (Å²) in [5.74, 6) is 0.645. The van der Waals surface area contributed by atoms with Crippen LogP contribution in [0.5, 0.6) is 5.75 Å². The fourth-order valence-electron chi connectivity index (χ4n) is 4.38. The second kappa shape index (κ2) is 11.7. The van der Waals surface area contributed by atoms with Crippen LogP contribution in [0.1, 0.15) is 30.4 Å². The van der Waals surface area contributed by atoms with E-state index in [1.807, 2.05) is 48.5 Å². The minimum absolute atomic E-state index is 0.0687. The molecule has 0 saturated carbocycles. The quantitative estimate of drug-likeness (QED) is 0.695. The van der Waals surface area contributed by atoms with Crippen molar-refractivity contribution in [2.75, 3.05) is 20.3 Å². The van der Waals surface area contributed by atoms with Crippen LogP contribution < -0.4 is 10.1 Å². The van der Waals surface area contributed by atoms with Gasteiger partial charge >= 0.3 is 6.09 Å². The Kier molecular flexibility index (Phi) is 8.20. The third-order valence-electron chi connectivity index (χ3n) is 6.27. The van der Waals surface area contributed by atoms with Gasteiger partial charge in [0.15, 0.2) is 0 Å². The summed E-state index contributed by atoms with van der Waals surface area (Å²) in [5, 5.41) is 2.79. The van der Waals surface area contributed by atoms with Crippen LogP contribution in [0.2, 0.25) is 0 Å². The molecule has 0 aliphatic carbocycles. The van der Waals surface area contributed by atoms with Crippen LogP contribution in [-0.4, -0.2) is 55.3 Å². The summed E-state index contributed by atoms with van der Waals surface area (Å²) in [6.07, 6.45) is 6.12. The molecule has 180 valence electrons. The zero-order valence-electron chi connectivity index (χ0n) is 19.5. The van der Waals surface area contributed by atoms with Crippen LogP contribution in [0.15, 0.2) is 66.7 Å². The number of nitrogens with one attached hydrogen (secondary N) is 1. The molecule has 2 heterocycles. The van der Waals surface area contributed by atoms with E-state index >= 15 is 0 Å². The Hall–Kier alpha value is -3.32. The van der Waals surface area contributed by atoms with Crippen molar-refractivity contribution in [1.29, 1.82) is 0 Å². The zero-order chi connectivity index (χ0) is 23.8. The molecule has 2 aliphatic rings. The number of aryl methyl sites for hydroxylation is 1. The fraction of sp³-hybridized carbons (Fsp3) is 0.407. The third-order valence-corrected chi connectivity index (χ3v) is 6.27. The number of benzene rings is 2. The molecule has 34 heavy (non-hydrogen) atoms. The number of ether oxygens (including phenoxy) is 3. The molecule has 4 rings (SSSR count). The molecule has 0 radical (unpaired) electrons. The van der Waals surface area contributed by atoms with Crippen LogP contribution in [0.25, 0.3) is 0 Å². The summed E-state index contributed by atoms with van der Waals surface area (Å²) in [7, 11) is 1.65. The first kappa shape index (κ1) is 23.8. The molecule has 1 N–H and O–H groups in total. The van der Waals surface area contributed by atoms with Gasteiger partial charge in [0.1, 0.15) is 25.0 Å². The van der Waals surface area contributed by atoms with E-state index in [-0.39, 0.29) is 24.7 Å². The first-order chi connectivity index (χ1) is 16.6. The molecular formula is C27H32N2O5. The van der Waals surface area contributed by atoms with Gasteiger partial charge in [0, 0.05) is 13.7 Å². The fourth-order valence-corrected chi connectivity index (χ4v) is 4.38. The predicted octanol–water partition coefficient (Wildman–Crippen LogP) is 3.87. The maximum atomic E-state index is 13.6. The Morgan fingerprint density at radius 3 is 2.82 bits per heavy atom. The molecule has 2 bridgehead atoms. The van der Waals surface area contributed by atoms with E-state index in [2.05, 4.69) is 23.5 Å². The highest BCUT2D eigenvalue weighted by Crippen LogP contribution is 2.24. The van der Waals surface area contributed by atoms with E-state index in [9.17, 15) is 9.59 Å². The van der Waals surface area contributed by atoms with E-state index < -0.39 is 12.1 Å². The lowest BCUT2D eigenvalue weighted by Crippen LogP contribution is -2.51. The minimum atomic E-state index is -0.724. The Labute approximate surface area is 200 Å². The second-order valence-corrected chi connectivity index (χ2v) is 8.70. The minimum Gasteiger partial charge on any atom is -0.491 e. The molecule has 1 unspecified atom stereocenters. The highest BCUT2D eigenvalue weighted by molar-refractivity contribution is 5.86. The first-order valence-electron chi connectivity index (χ1n) is 11.8. The Morgan fingerprint density at radius 1 is 1.15 bits per heavy atom. The molecule has 2 aliphatic heterocycles. The summed E-state index contributed by atoms with van der Waals surface area (Å²) in [4.78, 5) is 27.9. The van der Waals surface area contributed by atoms with Crippen molar-refractivity contribution < 1.29 is 23.8 Å². The number of hydrogen-bond donors (Lipinski definition) is 1. The Balaban J connectivity index is 1.48. The molecule has 0 spiro atoms. The Bertz CT molecular complexity index is 994. The average Bonchev–Trinajstić information content (AvgIpc) is 3.29. The molecule has 3 atom stereocenters.